The number of carbonyl (C=O) groups is 2. The van der Waals surface area contributed by atoms with Crippen LogP contribution in [0.5, 0.6) is 0 Å². The van der Waals surface area contributed by atoms with E-state index in [9.17, 15) is 18.4 Å². The molecule has 136 valence electrons. The summed E-state index contributed by atoms with van der Waals surface area (Å²) in [5.41, 5.74) is 1.23. The number of methoxy groups -OCH3 is 1. The van der Waals surface area contributed by atoms with E-state index in [1.54, 1.807) is 0 Å². The fourth-order valence-corrected chi connectivity index (χ4v) is 4.46. The molecule has 0 spiro atoms. The summed E-state index contributed by atoms with van der Waals surface area (Å²) in [6.07, 6.45) is -0.152. The summed E-state index contributed by atoms with van der Waals surface area (Å²) in [5, 5.41) is 2.67. The van der Waals surface area contributed by atoms with Gasteiger partial charge >= 0.3 is 5.97 Å². The minimum atomic E-state index is -1.36. The Kier molecular flexibility index (Phi) is 5.00. The Morgan fingerprint density at radius 2 is 1.81 bits per heavy atom. The molecule has 0 aromatic heterocycles. The van der Waals surface area contributed by atoms with Crippen LogP contribution in [0.15, 0.2) is 47.4 Å². The minimum Gasteiger partial charge on any atom is -0.468 e. The maximum absolute atomic E-state index is 13.7. The van der Waals surface area contributed by atoms with Gasteiger partial charge in [0.1, 0.15) is 11.6 Å². The van der Waals surface area contributed by atoms with Gasteiger partial charge in [-0.05, 0) is 36.8 Å². The van der Waals surface area contributed by atoms with Crippen molar-refractivity contribution in [3.05, 3.63) is 65.2 Å². The Bertz CT molecular complexity index is 836. The highest BCUT2D eigenvalue weighted by Gasteiger charge is 2.55. The van der Waals surface area contributed by atoms with Crippen molar-refractivity contribution in [2.24, 2.45) is 0 Å². The first-order valence-corrected chi connectivity index (χ1v) is 8.75. The molecule has 1 aliphatic heterocycles. The topological polar surface area (TPSA) is 55.4 Å². The minimum absolute atomic E-state index is 0.152. The maximum atomic E-state index is 13.7. The van der Waals surface area contributed by atoms with Gasteiger partial charge in [0.2, 0.25) is 5.91 Å². The van der Waals surface area contributed by atoms with E-state index in [1.807, 2.05) is 31.2 Å². The first-order chi connectivity index (χ1) is 12.3. The van der Waals surface area contributed by atoms with E-state index in [0.717, 1.165) is 40.4 Å². The number of esters is 1. The molecule has 0 saturated carbocycles. The highest BCUT2D eigenvalue weighted by Crippen LogP contribution is 2.49. The van der Waals surface area contributed by atoms with Crippen molar-refractivity contribution in [1.82, 2.24) is 5.32 Å². The normalized spacial score (nSPS) is 22.2. The molecule has 1 N–H and O–H groups in total. The van der Waals surface area contributed by atoms with Gasteiger partial charge in [-0.25, -0.2) is 8.78 Å². The molecule has 7 heteroatoms. The average molecular weight is 377 g/mol. The fourth-order valence-electron chi connectivity index (χ4n) is 3.08. The second-order valence-electron chi connectivity index (χ2n) is 6.18. The molecule has 1 fully saturated rings. The van der Waals surface area contributed by atoms with Crippen molar-refractivity contribution < 1.29 is 23.1 Å². The highest BCUT2D eigenvalue weighted by molar-refractivity contribution is 8.01. The van der Waals surface area contributed by atoms with E-state index < -0.39 is 28.4 Å². The van der Waals surface area contributed by atoms with Crippen LogP contribution in [0.1, 0.15) is 23.6 Å². The first kappa shape index (κ1) is 18.4. The molecule has 1 aliphatic rings. The Labute approximate surface area is 153 Å². The number of amides is 1. The van der Waals surface area contributed by atoms with Crippen LogP contribution in [0.25, 0.3) is 0 Å². The SMILES string of the molecule is COC(=O)[C@@]1(Sc2ccc(C)cc2)CC(=O)N[C@@H]1c1cc(F)cc(F)c1. The molecule has 0 unspecified atom stereocenters. The number of hydrogen-bond acceptors (Lipinski definition) is 4. The van der Waals surface area contributed by atoms with Gasteiger partial charge < -0.3 is 10.1 Å². The van der Waals surface area contributed by atoms with Crippen LogP contribution in [0.3, 0.4) is 0 Å². The zero-order valence-corrected chi connectivity index (χ0v) is 15.0. The summed E-state index contributed by atoms with van der Waals surface area (Å²) >= 11 is 1.16. The maximum Gasteiger partial charge on any atom is 0.325 e. The third-order valence-electron chi connectivity index (χ3n) is 4.26. The molecule has 26 heavy (non-hydrogen) atoms. The Morgan fingerprint density at radius 3 is 2.38 bits per heavy atom. The molecule has 0 bridgehead atoms. The van der Waals surface area contributed by atoms with Crippen LogP contribution >= 0.6 is 11.8 Å². The summed E-state index contributed by atoms with van der Waals surface area (Å²) in [7, 11) is 1.23. The Balaban J connectivity index is 2.09. The van der Waals surface area contributed by atoms with Crippen molar-refractivity contribution in [2.45, 2.75) is 29.0 Å². The van der Waals surface area contributed by atoms with Crippen LogP contribution in [0.4, 0.5) is 8.78 Å². The van der Waals surface area contributed by atoms with Crippen LogP contribution in [-0.4, -0.2) is 23.7 Å². The van der Waals surface area contributed by atoms with Gasteiger partial charge in [0.15, 0.2) is 4.75 Å². The summed E-state index contributed by atoms with van der Waals surface area (Å²) in [4.78, 5) is 25.6. The van der Waals surface area contributed by atoms with E-state index in [1.165, 1.54) is 7.11 Å². The molecule has 0 aliphatic carbocycles. The van der Waals surface area contributed by atoms with Crippen molar-refractivity contribution in [1.29, 1.82) is 0 Å². The van der Waals surface area contributed by atoms with Gasteiger partial charge in [0.05, 0.1) is 19.6 Å². The average Bonchev–Trinajstić information content (AvgIpc) is 2.93. The van der Waals surface area contributed by atoms with Gasteiger partial charge in [-0.15, -0.1) is 11.8 Å². The van der Waals surface area contributed by atoms with Crippen LogP contribution < -0.4 is 5.32 Å². The molecule has 2 aromatic carbocycles. The zero-order chi connectivity index (χ0) is 18.9. The first-order valence-electron chi connectivity index (χ1n) is 7.93. The number of nitrogens with one attached hydrogen (secondary N) is 1. The third kappa shape index (κ3) is 3.44. The fraction of sp³-hybridized carbons (Fsp3) is 0.263. The second kappa shape index (κ2) is 7.07. The molecule has 1 amide bonds. The number of ether oxygens (including phenoxy) is 1. The number of carbonyl (C=O) groups excluding carboxylic acids is 2. The van der Waals surface area contributed by atoms with Crippen molar-refractivity contribution in [2.75, 3.05) is 7.11 Å². The quantitative estimate of drug-likeness (QED) is 0.828. The van der Waals surface area contributed by atoms with Gasteiger partial charge in [-0.2, -0.15) is 0 Å². The molecule has 3 rings (SSSR count). The standard InChI is InChI=1S/C19H17F2NO3S/c1-11-3-5-15(6-4-11)26-19(18(24)25-2)10-16(23)22-17(19)12-7-13(20)9-14(21)8-12/h3-9,17H,10H2,1-2H3,(H,22,23)/t17-,19-/m1/s1. The number of aryl methyl sites for hydroxylation is 1. The lowest BCUT2D eigenvalue weighted by Crippen LogP contribution is -2.41. The smallest absolute Gasteiger partial charge is 0.325 e. The molecule has 1 saturated heterocycles. The number of benzene rings is 2. The van der Waals surface area contributed by atoms with Gasteiger partial charge in [0.25, 0.3) is 0 Å². The lowest BCUT2D eigenvalue weighted by Gasteiger charge is -2.31. The van der Waals surface area contributed by atoms with E-state index in [0.29, 0.717) is 0 Å². The number of rotatable bonds is 4. The van der Waals surface area contributed by atoms with Gasteiger partial charge in [-0.1, -0.05) is 17.7 Å². The molecule has 2 atom stereocenters. The zero-order valence-electron chi connectivity index (χ0n) is 14.2. The Hall–Kier alpha value is -2.41. The molecule has 1 heterocycles. The molecular formula is C19H17F2NO3S. The largest absolute Gasteiger partial charge is 0.468 e. The third-order valence-corrected chi connectivity index (χ3v) is 5.68. The molecule has 4 nitrogen and oxygen atoms in total. The molecular weight excluding hydrogens is 360 g/mol. The molecule has 2 aromatic rings. The predicted octanol–water partition coefficient (Wildman–Crippen LogP) is 3.54. The summed E-state index contributed by atoms with van der Waals surface area (Å²) in [5.74, 6) is -2.57. The van der Waals surface area contributed by atoms with Gasteiger partial charge in [-0.3, -0.25) is 9.59 Å². The van der Waals surface area contributed by atoms with Crippen molar-refractivity contribution in [3.63, 3.8) is 0 Å². The lowest BCUT2D eigenvalue weighted by molar-refractivity contribution is -0.144. The Morgan fingerprint density at radius 1 is 1.19 bits per heavy atom. The highest BCUT2D eigenvalue weighted by atomic mass is 32.2. The lowest BCUT2D eigenvalue weighted by atomic mass is 9.93. The summed E-state index contributed by atoms with van der Waals surface area (Å²) in [6.45, 7) is 1.93. The van der Waals surface area contributed by atoms with E-state index in [2.05, 4.69) is 5.32 Å². The monoisotopic (exact) mass is 377 g/mol. The van der Waals surface area contributed by atoms with Crippen LogP contribution in [0.2, 0.25) is 0 Å². The van der Waals surface area contributed by atoms with Crippen LogP contribution in [-0.2, 0) is 14.3 Å². The van der Waals surface area contributed by atoms with E-state index in [4.69, 9.17) is 4.74 Å². The number of thioether (sulfide) groups is 1. The van der Waals surface area contributed by atoms with Gasteiger partial charge in [0, 0.05) is 11.0 Å². The van der Waals surface area contributed by atoms with E-state index >= 15 is 0 Å². The second-order valence-corrected chi connectivity index (χ2v) is 7.58. The van der Waals surface area contributed by atoms with Crippen molar-refractivity contribution >= 4 is 23.6 Å². The van der Waals surface area contributed by atoms with Crippen molar-refractivity contribution in [3.8, 4) is 0 Å². The summed E-state index contributed by atoms with van der Waals surface area (Å²) in [6, 6.07) is 9.49. The number of hydrogen-bond donors (Lipinski definition) is 1. The number of halogens is 2. The summed E-state index contributed by atoms with van der Waals surface area (Å²) < 4.78 is 31.0. The predicted molar refractivity (Wildman–Crippen MR) is 93.6 cm³/mol. The van der Waals surface area contributed by atoms with E-state index in [-0.39, 0.29) is 17.9 Å². The molecule has 0 radical (unpaired) electrons. The van der Waals surface area contributed by atoms with Crippen LogP contribution in [0, 0.1) is 18.6 Å².